The van der Waals surface area contributed by atoms with Gasteiger partial charge in [0, 0.05) is 18.7 Å². The summed E-state index contributed by atoms with van der Waals surface area (Å²) in [4.78, 5) is 25.8. The van der Waals surface area contributed by atoms with Crippen molar-refractivity contribution < 1.29 is 24.1 Å². The first-order valence-corrected chi connectivity index (χ1v) is 17.4. The summed E-state index contributed by atoms with van der Waals surface area (Å²) in [6, 6.07) is 19.6. The van der Waals surface area contributed by atoms with Crippen molar-refractivity contribution in [1.29, 1.82) is 0 Å². The van der Waals surface area contributed by atoms with Crippen LogP contribution >= 0.6 is 15.9 Å². The van der Waals surface area contributed by atoms with Gasteiger partial charge in [0.25, 0.3) is 8.32 Å². The van der Waals surface area contributed by atoms with Gasteiger partial charge in [0.1, 0.15) is 12.9 Å². The number of hydrogen-bond acceptors (Lipinski definition) is 6. The number of methoxy groups -OCH3 is 2. The summed E-state index contributed by atoms with van der Waals surface area (Å²) in [5.41, 5.74) is -0.514. The number of hydrogen-bond donors (Lipinski definition) is 2. The minimum Gasteiger partial charge on any atom is -0.491 e. The summed E-state index contributed by atoms with van der Waals surface area (Å²) in [6.07, 6.45) is 4.42. The van der Waals surface area contributed by atoms with Crippen LogP contribution in [0.15, 0.2) is 88.8 Å². The van der Waals surface area contributed by atoms with Gasteiger partial charge in [-0.1, -0.05) is 93.9 Å². The second-order valence-electron chi connectivity index (χ2n) is 12.3. The van der Waals surface area contributed by atoms with Gasteiger partial charge in [-0.3, -0.25) is 4.79 Å². The molecule has 43 heavy (non-hydrogen) atoms. The predicted molar refractivity (Wildman–Crippen MR) is 177 cm³/mol. The quantitative estimate of drug-likeness (QED) is 0.142. The van der Waals surface area contributed by atoms with E-state index in [4.69, 9.17) is 14.2 Å². The molecule has 0 spiro atoms. The topological polar surface area (TPSA) is 90.2 Å². The van der Waals surface area contributed by atoms with Crippen molar-refractivity contribution in [3.63, 3.8) is 0 Å². The van der Waals surface area contributed by atoms with E-state index in [1.54, 1.807) is 19.4 Å². The molecule has 4 atom stereocenters. The van der Waals surface area contributed by atoms with Crippen molar-refractivity contribution in [2.75, 3.05) is 21.0 Å². The fourth-order valence-electron chi connectivity index (χ4n) is 6.87. The number of aliphatic hydroxyl groups is 1. The highest BCUT2D eigenvalue weighted by Crippen LogP contribution is 2.54. The van der Waals surface area contributed by atoms with Crippen molar-refractivity contribution in [2.24, 2.45) is 5.41 Å². The number of aliphatic hydroxyl groups excluding tert-OH is 1. The molecule has 9 heteroatoms. The predicted octanol–water partition coefficient (Wildman–Crippen LogP) is 5.48. The Morgan fingerprint density at radius 1 is 1.09 bits per heavy atom. The molecule has 0 bridgehead atoms. The molecule has 2 aromatic carbocycles. The number of rotatable bonds is 13. The van der Waals surface area contributed by atoms with Gasteiger partial charge in [-0.15, -0.1) is 6.58 Å². The first-order valence-electron chi connectivity index (χ1n) is 14.7. The third-order valence-corrected chi connectivity index (χ3v) is 14.4. The molecule has 7 nitrogen and oxygen atoms in total. The first-order chi connectivity index (χ1) is 20.5. The molecule has 0 saturated carbocycles. The summed E-state index contributed by atoms with van der Waals surface area (Å²) >= 11 is 3.38. The molecule has 0 saturated heterocycles. The van der Waals surface area contributed by atoms with Crippen molar-refractivity contribution in [3.05, 3.63) is 99.9 Å². The smallest absolute Gasteiger partial charge is 0.258 e. The lowest BCUT2D eigenvalue weighted by atomic mass is 9.67. The third kappa shape index (κ3) is 6.08. The summed E-state index contributed by atoms with van der Waals surface area (Å²) in [7, 11) is -0.184. The fourth-order valence-corrected chi connectivity index (χ4v) is 11.1. The SMILES string of the molecule is C=CCC1C(O)C(C)(CCCC(C)(C)[Si](O)(c2ccccc2)c2ccccc2)C(OCOC)c2c(OC)c(=O)c(Br)cn21. The van der Waals surface area contributed by atoms with E-state index in [2.05, 4.69) is 36.4 Å². The third-order valence-electron chi connectivity index (χ3n) is 9.28. The van der Waals surface area contributed by atoms with Gasteiger partial charge in [-0.25, -0.2) is 0 Å². The molecule has 4 rings (SSSR count). The van der Waals surface area contributed by atoms with Crippen molar-refractivity contribution in [1.82, 2.24) is 4.57 Å². The van der Waals surface area contributed by atoms with Gasteiger partial charge in [-0.05, 0) is 50.6 Å². The minimum absolute atomic E-state index is 0.0211. The second kappa shape index (κ2) is 13.6. The van der Waals surface area contributed by atoms with E-state index in [9.17, 15) is 14.7 Å². The number of ether oxygens (including phenoxy) is 3. The normalized spacial score (nSPS) is 22.2. The van der Waals surface area contributed by atoms with Crippen molar-refractivity contribution >= 4 is 34.6 Å². The van der Waals surface area contributed by atoms with Crippen LogP contribution in [0.25, 0.3) is 0 Å². The van der Waals surface area contributed by atoms with E-state index in [1.807, 2.05) is 72.2 Å². The van der Waals surface area contributed by atoms with Crippen LogP contribution in [0.4, 0.5) is 0 Å². The Labute approximate surface area is 264 Å². The second-order valence-corrected chi connectivity index (χ2v) is 17.1. The Balaban J connectivity index is 1.74. The zero-order valence-electron chi connectivity index (χ0n) is 25.8. The lowest BCUT2D eigenvalue weighted by Gasteiger charge is -2.50. The molecule has 0 amide bonds. The molecular weight excluding hydrogens is 626 g/mol. The zero-order valence-corrected chi connectivity index (χ0v) is 28.3. The molecule has 2 N–H and O–H groups in total. The molecule has 0 aliphatic carbocycles. The summed E-state index contributed by atoms with van der Waals surface area (Å²) in [6.45, 7) is 10.2. The number of benzene rings is 2. The fraction of sp³-hybridized carbons (Fsp3) is 0.441. The van der Waals surface area contributed by atoms with Gasteiger partial charge >= 0.3 is 0 Å². The molecule has 1 aromatic heterocycles. The van der Waals surface area contributed by atoms with Crippen LogP contribution in [0, 0.1) is 5.41 Å². The van der Waals surface area contributed by atoms with E-state index in [-0.39, 0.29) is 18.0 Å². The monoisotopic (exact) mass is 669 g/mol. The average Bonchev–Trinajstić information content (AvgIpc) is 3.01. The molecule has 4 unspecified atom stereocenters. The molecular formula is C34H44BrNO6Si. The van der Waals surface area contributed by atoms with Gasteiger partial charge in [0.05, 0.1) is 29.4 Å². The van der Waals surface area contributed by atoms with Crippen LogP contribution in [-0.4, -0.2) is 49.9 Å². The Bertz CT molecular complexity index is 1410. The van der Waals surface area contributed by atoms with E-state index in [1.165, 1.54) is 7.11 Å². The molecule has 1 aliphatic heterocycles. The number of aromatic nitrogens is 1. The van der Waals surface area contributed by atoms with Crippen LogP contribution in [-0.2, 0) is 9.47 Å². The summed E-state index contributed by atoms with van der Waals surface area (Å²) in [5.74, 6) is 0.179. The minimum atomic E-state index is -3.21. The average molecular weight is 671 g/mol. The molecule has 2 heterocycles. The maximum atomic E-state index is 13.2. The van der Waals surface area contributed by atoms with Crippen molar-refractivity contribution in [3.8, 4) is 5.75 Å². The van der Waals surface area contributed by atoms with Gasteiger partial charge in [0.15, 0.2) is 5.75 Å². The highest BCUT2D eigenvalue weighted by atomic mass is 79.9. The van der Waals surface area contributed by atoms with Gasteiger partial charge < -0.3 is 28.7 Å². The van der Waals surface area contributed by atoms with Crippen LogP contribution in [0.1, 0.15) is 64.3 Å². The molecule has 1 aliphatic rings. The molecule has 0 radical (unpaired) electrons. The lowest BCUT2D eigenvalue weighted by molar-refractivity contribution is -0.176. The Morgan fingerprint density at radius 3 is 2.19 bits per heavy atom. The Morgan fingerprint density at radius 2 is 1.67 bits per heavy atom. The van der Waals surface area contributed by atoms with Crippen LogP contribution in [0.3, 0.4) is 0 Å². The van der Waals surface area contributed by atoms with Gasteiger partial charge in [-0.2, -0.15) is 0 Å². The Kier molecular flexibility index (Phi) is 10.6. The van der Waals surface area contributed by atoms with E-state index < -0.39 is 37.0 Å². The maximum absolute atomic E-state index is 13.2. The highest BCUT2D eigenvalue weighted by Gasteiger charge is 2.54. The van der Waals surface area contributed by atoms with Crippen molar-refractivity contribution in [2.45, 2.75) is 69.7 Å². The Hall–Kier alpha value is -2.53. The molecule has 232 valence electrons. The number of nitrogens with zero attached hydrogens (tertiary/aromatic N) is 1. The number of halogens is 1. The number of allylic oxidation sites excluding steroid dienone is 1. The van der Waals surface area contributed by atoms with Crippen LogP contribution in [0.2, 0.25) is 5.04 Å². The molecule has 3 aromatic rings. The van der Waals surface area contributed by atoms with E-state index in [0.29, 0.717) is 35.8 Å². The maximum Gasteiger partial charge on any atom is 0.258 e. The summed E-state index contributed by atoms with van der Waals surface area (Å²) in [5, 5.41) is 13.5. The number of fused-ring (bicyclic) bond motifs is 1. The standard InChI is InChI=1S/C34H44BrNO6Si/c1-7-15-27-31(38)34(4,32(42-23-40-5)28-30(41-6)29(37)26(35)22-36(27)28)21-14-20-33(2,3)43(39,24-16-10-8-11-17-24)25-18-12-9-13-19-25/h7-13,16-19,22,27,31-32,38-39H,1,14-15,20-21,23H2,2-6H3. The highest BCUT2D eigenvalue weighted by molar-refractivity contribution is 9.10. The zero-order chi connectivity index (χ0) is 31.4. The lowest BCUT2D eigenvalue weighted by Crippen LogP contribution is -2.65. The molecule has 0 fully saturated rings. The number of pyridine rings is 1. The largest absolute Gasteiger partial charge is 0.491 e. The van der Waals surface area contributed by atoms with Crippen LogP contribution in [0.5, 0.6) is 5.75 Å². The van der Waals surface area contributed by atoms with Gasteiger partial charge in [0.2, 0.25) is 5.43 Å². The first kappa shape index (κ1) is 33.4. The van der Waals surface area contributed by atoms with Crippen LogP contribution < -0.4 is 20.5 Å². The van der Waals surface area contributed by atoms with E-state index in [0.717, 1.165) is 10.4 Å². The summed E-state index contributed by atoms with van der Waals surface area (Å²) < 4.78 is 19.5. The van der Waals surface area contributed by atoms with E-state index >= 15 is 0 Å².